The maximum atomic E-state index is 11.7. The summed E-state index contributed by atoms with van der Waals surface area (Å²) in [7, 11) is 0. The van der Waals surface area contributed by atoms with Crippen molar-refractivity contribution < 1.29 is 9.32 Å². The molecule has 0 saturated heterocycles. The van der Waals surface area contributed by atoms with Crippen LogP contribution >= 0.6 is 11.3 Å². The molecule has 0 aliphatic heterocycles. The van der Waals surface area contributed by atoms with E-state index in [-0.39, 0.29) is 11.8 Å². The van der Waals surface area contributed by atoms with E-state index >= 15 is 0 Å². The Hall–Kier alpha value is -2.98. The second-order valence-corrected chi connectivity index (χ2v) is 7.04. The van der Waals surface area contributed by atoms with Crippen molar-refractivity contribution in [1.82, 2.24) is 15.5 Å². The van der Waals surface area contributed by atoms with Crippen molar-refractivity contribution in [3.8, 4) is 28.2 Å². The Morgan fingerprint density at radius 2 is 2.08 bits per heavy atom. The predicted molar refractivity (Wildman–Crippen MR) is 92.3 cm³/mol. The second-order valence-electron chi connectivity index (χ2n) is 5.87. The molecule has 1 fully saturated rings. The van der Waals surface area contributed by atoms with Crippen molar-refractivity contribution in [3.63, 3.8) is 0 Å². The first-order valence-electron chi connectivity index (χ1n) is 7.94. The number of nitrogens with zero attached hydrogens (tertiary/aromatic N) is 3. The fourth-order valence-electron chi connectivity index (χ4n) is 2.39. The number of carbonyl (C=O) groups is 1. The molecular weight excluding hydrogens is 336 g/mol. The second kappa shape index (κ2) is 6.49. The summed E-state index contributed by atoms with van der Waals surface area (Å²) in [4.78, 5) is 18.0. The molecule has 3 aromatic rings. The predicted octanol–water partition coefficient (Wildman–Crippen LogP) is 3.36. The number of carbonyl (C=O) groups excluding carboxylic acids is 1. The summed E-state index contributed by atoms with van der Waals surface area (Å²) in [6, 6.07) is 13.0. The normalized spacial score (nSPS) is 13.4. The summed E-state index contributed by atoms with van der Waals surface area (Å²) in [5.41, 5.74) is 1.35. The monoisotopic (exact) mass is 350 g/mol. The molecule has 1 saturated carbocycles. The van der Waals surface area contributed by atoms with Crippen LogP contribution in [-0.2, 0) is 11.3 Å². The first-order chi connectivity index (χ1) is 12.2. The fraction of sp³-hybridized carbons (Fsp3) is 0.222. The lowest BCUT2D eigenvalue weighted by Crippen LogP contribution is -2.23. The SMILES string of the molecule is N#Cc1ccc(-c2nc(-c3ccc(CNC(=O)C4CC4)s3)no2)cc1. The minimum absolute atomic E-state index is 0.137. The molecule has 7 heteroatoms. The molecule has 1 aromatic carbocycles. The van der Waals surface area contributed by atoms with Crippen LogP contribution in [0.5, 0.6) is 0 Å². The van der Waals surface area contributed by atoms with Crippen LogP contribution in [0.2, 0.25) is 0 Å². The molecule has 25 heavy (non-hydrogen) atoms. The van der Waals surface area contributed by atoms with E-state index in [0.29, 0.717) is 23.8 Å². The molecular formula is C18H14N4O2S. The van der Waals surface area contributed by atoms with Crippen LogP contribution in [0.4, 0.5) is 0 Å². The van der Waals surface area contributed by atoms with Gasteiger partial charge in [-0.25, -0.2) is 0 Å². The van der Waals surface area contributed by atoms with Gasteiger partial charge in [-0.2, -0.15) is 10.2 Å². The maximum Gasteiger partial charge on any atom is 0.258 e. The molecule has 1 N–H and O–H groups in total. The van der Waals surface area contributed by atoms with Crippen molar-refractivity contribution in [2.75, 3.05) is 0 Å². The molecule has 2 aromatic heterocycles. The number of benzene rings is 1. The zero-order chi connectivity index (χ0) is 17.2. The highest BCUT2D eigenvalue weighted by molar-refractivity contribution is 7.15. The Morgan fingerprint density at radius 3 is 2.80 bits per heavy atom. The number of hydrogen-bond donors (Lipinski definition) is 1. The molecule has 4 rings (SSSR count). The average Bonchev–Trinajstić information content (AvgIpc) is 3.19. The van der Waals surface area contributed by atoms with Crippen LogP contribution in [0.1, 0.15) is 23.3 Å². The number of nitriles is 1. The van der Waals surface area contributed by atoms with Gasteiger partial charge in [0.1, 0.15) is 0 Å². The van der Waals surface area contributed by atoms with Crippen LogP contribution in [-0.4, -0.2) is 16.0 Å². The van der Waals surface area contributed by atoms with Crippen LogP contribution < -0.4 is 5.32 Å². The van der Waals surface area contributed by atoms with E-state index in [9.17, 15) is 4.79 Å². The third kappa shape index (κ3) is 3.44. The Balaban J connectivity index is 1.46. The Labute approximate surface area is 148 Å². The Morgan fingerprint density at radius 1 is 1.28 bits per heavy atom. The van der Waals surface area contributed by atoms with E-state index in [4.69, 9.17) is 9.78 Å². The van der Waals surface area contributed by atoms with Gasteiger partial charge in [0.15, 0.2) is 0 Å². The smallest absolute Gasteiger partial charge is 0.258 e. The van der Waals surface area contributed by atoms with E-state index in [2.05, 4.69) is 21.5 Å². The van der Waals surface area contributed by atoms with Gasteiger partial charge in [0, 0.05) is 16.4 Å². The van der Waals surface area contributed by atoms with E-state index in [0.717, 1.165) is 28.2 Å². The summed E-state index contributed by atoms with van der Waals surface area (Å²) >= 11 is 1.53. The lowest BCUT2D eigenvalue weighted by atomic mass is 10.1. The lowest BCUT2D eigenvalue weighted by Gasteiger charge is -2.00. The van der Waals surface area contributed by atoms with E-state index in [1.54, 1.807) is 24.3 Å². The molecule has 1 amide bonds. The highest BCUT2D eigenvalue weighted by Gasteiger charge is 2.29. The summed E-state index contributed by atoms with van der Waals surface area (Å²) in [5.74, 6) is 1.28. The highest BCUT2D eigenvalue weighted by Crippen LogP contribution is 2.30. The molecule has 2 heterocycles. The zero-order valence-electron chi connectivity index (χ0n) is 13.2. The molecule has 0 spiro atoms. The summed E-state index contributed by atoms with van der Waals surface area (Å²) < 4.78 is 5.32. The molecule has 0 bridgehead atoms. The number of nitrogens with one attached hydrogen (secondary N) is 1. The van der Waals surface area contributed by atoms with Crippen molar-refractivity contribution >= 4 is 17.2 Å². The number of aromatic nitrogens is 2. The van der Waals surface area contributed by atoms with Gasteiger partial charge in [0.05, 0.1) is 23.1 Å². The van der Waals surface area contributed by atoms with Gasteiger partial charge in [-0.05, 0) is 49.2 Å². The number of hydrogen-bond acceptors (Lipinski definition) is 6. The van der Waals surface area contributed by atoms with Gasteiger partial charge in [-0.3, -0.25) is 4.79 Å². The molecule has 6 nitrogen and oxygen atoms in total. The van der Waals surface area contributed by atoms with E-state index in [1.807, 2.05) is 12.1 Å². The third-order valence-electron chi connectivity index (χ3n) is 3.95. The molecule has 124 valence electrons. The fourth-order valence-corrected chi connectivity index (χ4v) is 3.26. The Bertz CT molecular complexity index is 948. The largest absolute Gasteiger partial charge is 0.351 e. The first-order valence-corrected chi connectivity index (χ1v) is 8.75. The standard InChI is InChI=1S/C18H14N4O2S/c19-9-11-1-3-13(4-2-11)18-21-16(22-24-18)15-8-7-14(25-15)10-20-17(23)12-5-6-12/h1-4,7-8,12H,5-6,10H2,(H,20,23). The topological polar surface area (TPSA) is 91.8 Å². The zero-order valence-corrected chi connectivity index (χ0v) is 14.0. The molecule has 0 atom stereocenters. The quantitative estimate of drug-likeness (QED) is 0.762. The van der Waals surface area contributed by atoms with Gasteiger partial charge in [-0.1, -0.05) is 5.16 Å². The van der Waals surface area contributed by atoms with Gasteiger partial charge in [0.25, 0.3) is 5.89 Å². The molecule has 1 aliphatic carbocycles. The summed E-state index contributed by atoms with van der Waals surface area (Å²) in [6.07, 6.45) is 2.00. The minimum atomic E-state index is 0.137. The van der Waals surface area contributed by atoms with Crippen molar-refractivity contribution in [2.45, 2.75) is 19.4 Å². The van der Waals surface area contributed by atoms with Crippen molar-refractivity contribution in [1.29, 1.82) is 5.26 Å². The molecule has 0 radical (unpaired) electrons. The van der Waals surface area contributed by atoms with Crippen LogP contribution in [0, 0.1) is 17.2 Å². The van der Waals surface area contributed by atoms with Gasteiger partial charge in [0.2, 0.25) is 11.7 Å². The van der Waals surface area contributed by atoms with Crippen molar-refractivity contribution in [2.24, 2.45) is 5.92 Å². The highest BCUT2D eigenvalue weighted by atomic mass is 32.1. The number of amides is 1. The van der Waals surface area contributed by atoms with Crippen LogP contribution in [0.25, 0.3) is 22.2 Å². The number of rotatable bonds is 5. The van der Waals surface area contributed by atoms with Gasteiger partial charge >= 0.3 is 0 Å². The summed E-state index contributed by atoms with van der Waals surface area (Å²) in [5, 5.41) is 15.8. The lowest BCUT2D eigenvalue weighted by molar-refractivity contribution is -0.122. The maximum absolute atomic E-state index is 11.7. The first kappa shape index (κ1) is 15.5. The average molecular weight is 350 g/mol. The van der Waals surface area contributed by atoms with Crippen LogP contribution in [0.15, 0.2) is 40.9 Å². The van der Waals surface area contributed by atoms with Gasteiger partial charge in [-0.15, -0.1) is 11.3 Å². The molecule has 0 unspecified atom stereocenters. The number of thiophene rings is 1. The van der Waals surface area contributed by atoms with E-state index in [1.165, 1.54) is 11.3 Å². The van der Waals surface area contributed by atoms with Gasteiger partial charge < -0.3 is 9.84 Å². The van der Waals surface area contributed by atoms with Crippen LogP contribution in [0.3, 0.4) is 0 Å². The summed E-state index contributed by atoms with van der Waals surface area (Å²) in [6.45, 7) is 0.528. The van der Waals surface area contributed by atoms with Crippen molar-refractivity contribution in [3.05, 3.63) is 46.8 Å². The third-order valence-corrected chi connectivity index (χ3v) is 5.04. The Kier molecular flexibility index (Phi) is 4.04. The van der Waals surface area contributed by atoms with E-state index < -0.39 is 0 Å². The molecule has 1 aliphatic rings. The minimum Gasteiger partial charge on any atom is -0.351 e.